The van der Waals surface area contributed by atoms with Crippen molar-refractivity contribution in [3.63, 3.8) is 0 Å². The quantitative estimate of drug-likeness (QED) is 0.0518. The SMILES string of the molecule is CSCC[C@@H](C=O)NC(=O)[C@H](C)NC(=O)[C@H](CO)NC(=O)[C@@H](NC(=O)[C@@H]1CCCN1C(=O)[C@H](CO)NC(=O)[C@H](C)NC(=O)[C@@H](N)C(C)C)C(C)C. The van der Waals surface area contributed by atoms with Crippen LogP contribution in [-0.2, 0) is 38.4 Å². The Labute approximate surface area is 302 Å². The molecule has 18 nitrogen and oxygen atoms in total. The van der Waals surface area contributed by atoms with Crippen LogP contribution in [0.25, 0.3) is 0 Å². The molecule has 51 heavy (non-hydrogen) atoms. The summed E-state index contributed by atoms with van der Waals surface area (Å²) in [6.07, 6.45) is 3.48. The second-order valence-corrected chi connectivity index (χ2v) is 14.2. The largest absolute Gasteiger partial charge is 0.394 e. The van der Waals surface area contributed by atoms with E-state index in [-0.39, 0.29) is 18.9 Å². The van der Waals surface area contributed by atoms with E-state index in [1.54, 1.807) is 27.7 Å². The van der Waals surface area contributed by atoms with E-state index in [0.29, 0.717) is 24.9 Å². The van der Waals surface area contributed by atoms with Crippen molar-refractivity contribution in [2.45, 2.75) is 109 Å². The normalized spacial score (nSPS) is 18.4. The summed E-state index contributed by atoms with van der Waals surface area (Å²) < 4.78 is 0. The maximum atomic E-state index is 13.5. The van der Waals surface area contributed by atoms with Crippen molar-refractivity contribution in [3.8, 4) is 0 Å². The molecule has 1 aliphatic rings. The molecule has 0 unspecified atom stereocenters. The van der Waals surface area contributed by atoms with Gasteiger partial charge in [-0.2, -0.15) is 11.8 Å². The number of carbonyl (C=O) groups is 8. The van der Waals surface area contributed by atoms with Crippen molar-refractivity contribution in [2.75, 3.05) is 31.8 Å². The summed E-state index contributed by atoms with van der Waals surface area (Å²) in [6, 6.07) is -8.98. The average molecular weight is 745 g/mol. The summed E-state index contributed by atoms with van der Waals surface area (Å²) in [5.74, 6) is -5.15. The van der Waals surface area contributed by atoms with Crippen LogP contribution in [-0.4, -0.2) is 143 Å². The van der Waals surface area contributed by atoms with Gasteiger partial charge in [0.15, 0.2) is 0 Å². The Kier molecular flexibility index (Phi) is 19.7. The average Bonchev–Trinajstić information content (AvgIpc) is 3.59. The van der Waals surface area contributed by atoms with E-state index in [0.717, 1.165) is 0 Å². The molecule has 7 amide bonds. The zero-order valence-corrected chi connectivity index (χ0v) is 31.2. The van der Waals surface area contributed by atoms with Gasteiger partial charge < -0.3 is 57.5 Å². The molecule has 1 fully saturated rings. The maximum Gasteiger partial charge on any atom is 0.248 e. The third kappa shape index (κ3) is 14.0. The Balaban J connectivity index is 2.92. The van der Waals surface area contributed by atoms with Gasteiger partial charge in [0, 0.05) is 6.54 Å². The van der Waals surface area contributed by atoms with Gasteiger partial charge in [-0.15, -0.1) is 0 Å². The molecule has 0 spiro atoms. The van der Waals surface area contributed by atoms with Gasteiger partial charge in [-0.3, -0.25) is 33.6 Å². The first-order chi connectivity index (χ1) is 23.9. The highest BCUT2D eigenvalue weighted by Gasteiger charge is 2.40. The fraction of sp³-hybridized carbons (Fsp3) is 0.750. The summed E-state index contributed by atoms with van der Waals surface area (Å²) in [5, 5.41) is 34.6. The van der Waals surface area contributed by atoms with Crippen LogP contribution in [0.3, 0.4) is 0 Å². The molecule has 8 atom stereocenters. The lowest BCUT2D eigenvalue weighted by Gasteiger charge is -2.31. The molecule has 1 saturated heterocycles. The number of likely N-dealkylation sites (tertiary alicyclic amines) is 1. The Bertz CT molecular complexity index is 1240. The number of thioether (sulfide) groups is 1. The van der Waals surface area contributed by atoms with Crippen LogP contribution >= 0.6 is 11.8 Å². The number of hydrogen-bond acceptors (Lipinski definition) is 12. The second-order valence-electron chi connectivity index (χ2n) is 13.2. The minimum Gasteiger partial charge on any atom is -0.394 e. The molecule has 1 aliphatic heterocycles. The number of rotatable bonds is 21. The van der Waals surface area contributed by atoms with Gasteiger partial charge in [-0.1, -0.05) is 27.7 Å². The van der Waals surface area contributed by atoms with Gasteiger partial charge in [0.1, 0.15) is 42.5 Å². The number of nitrogens with one attached hydrogen (secondary N) is 6. The standard InChI is InChI=1S/C32H56N8O10S/c1-16(2)24(33)30(48)35-19(6)27(45)38-22(15-43)32(50)40-11-8-9-23(40)29(47)39-25(17(3)4)31(49)37-21(14-42)28(46)34-18(5)26(44)36-20(13-41)10-12-51-7/h13,16-25,42-43H,8-12,14-15,33H2,1-7H3,(H,34,46)(H,35,48)(H,36,44)(H,37,49)(H,38,45)(H,39,47)/t18-,19-,20-,21-,22-,23-,24-,25-/m0/s1. The number of nitrogens with two attached hydrogens (primary N) is 1. The zero-order valence-electron chi connectivity index (χ0n) is 30.4. The number of carbonyl (C=O) groups excluding carboxylic acids is 8. The van der Waals surface area contributed by atoms with Gasteiger partial charge >= 0.3 is 0 Å². The number of aliphatic hydroxyl groups excluding tert-OH is 2. The van der Waals surface area contributed by atoms with Gasteiger partial charge in [0.05, 0.1) is 25.3 Å². The summed E-state index contributed by atoms with van der Waals surface area (Å²) >= 11 is 1.50. The van der Waals surface area contributed by atoms with Crippen LogP contribution in [0.15, 0.2) is 0 Å². The van der Waals surface area contributed by atoms with Crippen molar-refractivity contribution in [2.24, 2.45) is 17.6 Å². The minimum absolute atomic E-state index is 0.126. The smallest absolute Gasteiger partial charge is 0.248 e. The van der Waals surface area contributed by atoms with Gasteiger partial charge in [0.25, 0.3) is 0 Å². The molecule has 0 aromatic rings. The molecular weight excluding hydrogens is 688 g/mol. The van der Waals surface area contributed by atoms with Gasteiger partial charge in [-0.25, -0.2) is 0 Å². The predicted molar refractivity (Wildman–Crippen MR) is 189 cm³/mol. The van der Waals surface area contributed by atoms with Crippen molar-refractivity contribution in [3.05, 3.63) is 0 Å². The van der Waals surface area contributed by atoms with Crippen molar-refractivity contribution < 1.29 is 48.6 Å². The monoisotopic (exact) mass is 744 g/mol. The van der Waals surface area contributed by atoms with Crippen LogP contribution < -0.4 is 37.6 Å². The molecule has 1 heterocycles. The molecule has 0 bridgehead atoms. The van der Waals surface area contributed by atoms with E-state index in [1.807, 2.05) is 6.26 Å². The molecule has 0 aromatic heterocycles. The summed E-state index contributed by atoms with van der Waals surface area (Å²) in [5.41, 5.74) is 5.82. The molecule has 0 aromatic carbocycles. The van der Waals surface area contributed by atoms with E-state index in [4.69, 9.17) is 5.73 Å². The fourth-order valence-corrected chi connectivity index (χ4v) is 5.50. The lowest BCUT2D eigenvalue weighted by molar-refractivity contribution is -0.143. The molecular formula is C32H56N8O10S. The number of hydrogen-bond donors (Lipinski definition) is 9. The first-order valence-corrected chi connectivity index (χ1v) is 18.4. The van der Waals surface area contributed by atoms with Crippen molar-refractivity contribution in [1.29, 1.82) is 0 Å². The van der Waals surface area contributed by atoms with Crippen LogP contribution in [0.1, 0.15) is 60.8 Å². The maximum absolute atomic E-state index is 13.5. The molecule has 0 saturated carbocycles. The first kappa shape index (κ1) is 45.2. The number of amides is 7. The van der Waals surface area contributed by atoms with E-state index < -0.39 is 109 Å². The number of aldehydes is 1. The highest BCUT2D eigenvalue weighted by atomic mass is 32.2. The Morgan fingerprint density at radius 2 is 1.31 bits per heavy atom. The highest BCUT2D eigenvalue weighted by Crippen LogP contribution is 2.19. The van der Waals surface area contributed by atoms with Crippen LogP contribution in [0.2, 0.25) is 0 Å². The molecule has 19 heteroatoms. The Hall–Kier alpha value is -3.81. The predicted octanol–water partition coefficient (Wildman–Crippen LogP) is -3.50. The van der Waals surface area contributed by atoms with Crippen LogP contribution in [0, 0.1) is 11.8 Å². The van der Waals surface area contributed by atoms with E-state index in [1.165, 1.54) is 30.5 Å². The summed E-state index contributed by atoms with van der Waals surface area (Å²) in [7, 11) is 0. The molecule has 1 rings (SSSR count). The fourth-order valence-electron chi connectivity index (χ4n) is 5.01. The van der Waals surface area contributed by atoms with Crippen molar-refractivity contribution >= 4 is 59.4 Å². The zero-order chi connectivity index (χ0) is 39.0. The van der Waals surface area contributed by atoms with Crippen LogP contribution in [0.5, 0.6) is 0 Å². The van der Waals surface area contributed by atoms with Gasteiger partial charge in [0.2, 0.25) is 41.4 Å². The Morgan fingerprint density at radius 3 is 1.82 bits per heavy atom. The van der Waals surface area contributed by atoms with Crippen LogP contribution in [0.4, 0.5) is 0 Å². The van der Waals surface area contributed by atoms with E-state index >= 15 is 0 Å². The molecule has 290 valence electrons. The summed E-state index contributed by atoms with van der Waals surface area (Å²) in [4.78, 5) is 103. The van der Waals surface area contributed by atoms with E-state index in [9.17, 15) is 48.6 Å². The molecule has 0 radical (unpaired) electrons. The first-order valence-electron chi connectivity index (χ1n) is 17.0. The van der Waals surface area contributed by atoms with Crippen molar-refractivity contribution in [1.82, 2.24) is 36.8 Å². The molecule has 0 aliphatic carbocycles. The highest BCUT2D eigenvalue weighted by molar-refractivity contribution is 7.98. The van der Waals surface area contributed by atoms with E-state index in [2.05, 4.69) is 31.9 Å². The number of nitrogens with zero attached hydrogens (tertiary/aromatic N) is 1. The number of aliphatic hydroxyl groups is 2. The third-order valence-electron chi connectivity index (χ3n) is 8.35. The Morgan fingerprint density at radius 1 is 0.765 bits per heavy atom. The lowest BCUT2D eigenvalue weighted by atomic mass is 10.0. The summed E-state index contributed by atoms with van der Waals surface area (Å²) in [6.45, 7) is 8.02. The minimum atomic E-state index is -1.49. The second kappa shape index (κ2) is 22.2. The van der Waals surface area contributed by atoms with Gasteiger partial charge in [-0.05, 0) is 57.0 Å². The lowest BCUT2D eigenvalue weighted by Crippen LogP contribution is -2.61. The topological polar surface area (TPSA) is 278 Å². The third-order valence-corrected chi connectivity index (χ3v) is 8.99. The molecule has 10 N–H and O–H groups in total.